The van der Waals surface area contributed by atoms with Gasteiger partial charge in [0.2, 0.25) is 11.8 Å². The van der Waals surface area contributed by atoms with Gasteiger partial charge in [0.05, 0.1) is 37.2 Å². The molecule has 4 heterocycles. The Morgan fingerprint density at radius 1 is 1.41 bits per heavy atom. The predicted molar refractivity (Wildman–Crippen MR) is 74.6 cm³/mol. The zero-order valence-corrected chi connectivity index (χ0v) is 12.3. The zero-order valence-electron chi connectivity index (χ0n) is 12.3. The van der Waals surface area contributed by atoms with Crippen LogP contribution < -0.4 is 0 Å². The standard InChI is InChI=1S/C14H19N5O3/c20-13-2-1-4-17(13)8-14(21)18-5-3-11-12(7-18)22-9-10-6-15-16-19(10)11/h6,11-12H,1-5,7-9H2/t11-,12-/m0/s1. The Balaban J connectivity index is 1.40. The van der Waals surface area contributed by atoms with Crippen LogP contribution in [-0.2, 0) is 20.9 Å². The highest BCUT2D eigenvalue weighted by Gasteiger charge is 2.38. The molecule has 1 aromatic rings. The van der Waals surface area contributed by atoms with Gasteiger partial charge in [-0.3, -0.25) is 9.59 Å². The van der Waals surface area contributed by atoms with Crippen LogP contribution in [0.3, 0.4) is 0 Å². The largest absolute Gasteiger partial charge is 0.368 e. The Labute approximate surface area is 128 Å². The van der Waals surface area contributed by atoms with Gasteiger partial charge in [0.25, 0.3) is 0 Å². The summed E-state index contributed by atoms with van der Waals surface area (Å²) in [6.07, 6.45) is 3.92. The second-order valence-corrected chi connectivity index (χ2v) is 6.13. The fraction of sp³-hybridized carbons (Fsp3) is 0.714. The molecule has 3 aliphatic rings. The third kappa shape index (κ3) is 2.27. The van der Waals surface area contributed by atoms with E-state index in [1.165, 1.54) is 0 Å². The summed E-state index contributed by atoms with van der Waals surface area (Å²) in [5, 5.41) is 8.07. The molecule has 2 amide bonds. The van der Waals surface area contributed by atoms with Crippen molar-refractivity contribution in [3.63, 3.8) is 0 Å². The van der Waals surface area contributed by atoms with Crippen LogP contribution in [0.4, 0.5) is 0 Å². The lowest BCUT2D eigenvalue weighted by atomic mass is 10.00. The lowest BCUT2D eigenvalue weighted by Gasteiger charge is -2.41. The molecule has 0 N–H and O–H groups in total. The third-order valence-electron chi connectivity index (χ3n) is 4.78. The number of amides is 2. The summed E-state index contributed by atoms with van der Waals surface area (Å²) in [4.78, 5) is 27.5. The maximum absolute atomic E-state index is 12.4. The first-order valence-electron chi connectivity index (χ1n) is 7.78. The Morgan fingerprint density at radius 3 is 3.14 bits per heavy atom. The molecule has 8 heteroatoms. The average molecular weight is 305 g/mol. The molecule has 4 rings (SSSR count). The van der Waals surface area contributed by atoms with Crippen LogP contribution in [0.25, 0.3) is 0 Å². The van der Waals surface area contributed by atoms with Crippen molar-refractivity contribution in [1.82, 2.24) is 24.8 Å². The van der Waals surface area contributed by atoms with Crippen LogP contribution in [0.15, 0.2) is 6.20 Å². The zero-order chi connectivity index (χ0) is 15.1. The highest BCUT2D eigenvalue weighted by molar-refractivity contribution is 5.86. The van der Waals surface area contributed by atoms with E-state index in [0.717, 1.165) is 18.5 Å². The van der Waals surface area contributed by atoms with E-state index in [2.05, 4.69) is 10.3 Å². The van der Waals surface area contributed by atoms with E-state index in [4.69, 9.17) is 4.74 Å². The van der Waals surface area contributed by atoms with E-state index < -0.39 is 0 Å². The van der Waals surface area contributed by atoms with Crippen molar-refractivity contribution >= 4 is 11.8 Å². The number of rotatable bonds is 2. The number of piperidine rings is 1. The molecule has 2 saturated heterocycles. The minimum Gasteiger partial charge on any atom is -0.368 e. The number of ether oxygens (including phenoxy) is 1. The summed E-state index contributed by atoms with van der Waals surface area (Å²) in [6.45, 7) is 2.62. The van der Waals surface area contributed by atoms with Gasteiger partial charge in [-0.1, -0.05) is 5.21 Å². The minimum absolute atomic E-state index is 0.0155. The van der Waals surface area contributed by atoms with E-state index in [1.807, 2.05) is 9.58 Å². The second-order valence-electron chi connectivity index (χ2n) is 6.13. The number of likely N-dealkylation sites (tertiary alicyclic amines) is 2. The first-order chi connectivity index (χ1) is 10.7. The van der Waals surface area contributed by atoms with E-state index in [0.29, 0.717) is 32.7 Å². The normalized spacial score (nSPS) is 27.7. The van der Waals surface area contributed by atoms with Crippen molar-refractivity contribution in [2.24, 2.45) is 0 Å². The topological polar surface area (TPSA) is 80.6 Å². The fourth-order valence-corrected chi connectivity index (χ4v) is 3.55. The lowest BCUT2D eigenvalue weighted by Crippen LogP contribution is -2.52. The molecular weight excluding hydrogens is 286 g/mol. The maximum atomic E-state index is 12.4. The quantitative estimate of drug-likeness (QED) is 0.741. The molecule has 0 aromatic carbocycles. The minimum atomic E-state index is -0.0406. The Bertz CT molecular complexity index is 601. The van der Waals surface area contributed by atoms with Crippen molar-refractivity contribution in [2.75, 3.05) is 26.2 Å². The molecule has 0 radical (unpaired) electrons. The van der Waals surface area contributed by atoms with Gasteiger partial charge in [-0.05, 0) is 12.8 Å². The van der Waals surface area contributed by atoms with E-state index in [9.17, 15) is 9.59 Å². The second kappa shape index (κ2) is 5.35. The molecule has 0 bridgehead atoms. The van der Waals surface area contributed by atoms with Gasteiger partial charge in [-0.15, -0.1) is 5.10 Å². The number of hydrogen-bond donors (Lipinski definition) is 0. The molecule has 2 atom stereocenters. The van der Waals surface area contributed by atoms with Gasteiger partial charge in [-0.2, -0.15) is 0 Å². The van der Waals surface area contributed by atoms with Crippen LogP contribution in [0.5, 0.6) is 0 Å². The molecule has 22 heavy (non-hydrogen) atoms. The van der Waals surface area contributed by atoms with Crippen LogP contribution in [0.1, 0.15) is 31.0 Å². The van der Waals surface area contributed by atoms with Crippen molar-refractivity contribution < 1.29 is 14.3 Å². The van der Waals surface area contributed by atoms with E-state index >= 15 is 0 Å². The summed E-state index contributed by atoms with van der Waals surface area (Å²) in [5.74, 6) is 0.103. The molecule has 2 fully saturated rings. The van der Waals surface area contributed by atoms with Gasteiger partial charge in [0.15, 0.2) is 0 Å². The van der Waals surface area contributed by atoms with Gasteiger partial charge in [0, 0.05) is 26.1 Å². The van der Waals surface area contributed by atoms with E-state index in [1.54, 1.807) is 11.1 Å². The van der Waals surface area contributed by atoms with Gasteiger partial charge >= 0.3 is 0 Å². The van der Waals surface area contributed by atoms with Crippen molar-refractivity contribution in [1.29, 1.82) is 0 Å². The van der Waals surface area contributed by atoms with Crippen molar-refractivity contribution in [3.05, 3.63) is 11.9 Å². The molecular formula is C14H19N5O3. The molecule has 0 spiro atoms. The first kappa shape index (κ1) is 13.7. The van der Waals surface area contributed by atoms with Crippen molar-refractivity contribution in [3.8, 4) is 0 Å². The smallest absolute Gasteiger partial charge is 0.242 e. The highest BCUT2D eigenvalue weighted by atomic mass is 16.5. The fourth-order valence-electron chi connectivity index (χ4n) is 3.55. The first-order valence-corrected chi connectivity index (χ1v) is 7.78. The summed E-state index contributed by atoms with van der Waals surface area (Å²) >= 11 is 0. The molecule has 1 aromatic heterocycles. The Hall–Kier alpha value is -1.96. The van der Waals surface area contributed by atoms with Gasteiger partial charge in [0.1, 0.15) is 0 Å². The van der Waals surface area contributed by atoms with Gasteiger partial charge < -0.3 is 14.5 Å². The van der Waals surface area contributed by atoms with E-state index in [-0.39, 0.29) is 30.5 Å². The molecule has 118 valence electrons. The van der Waals surface area contributed by atoms with Crippen LogP contribution in [-0.4, -0.2) is 68.9 Å². The monoisotopic (exact) mass is 305 g/mol. The number of fused-ring (bicyclic) bond motifs is 3. The van der Waals surface area contributed by atoms with Crippen LogP contribution in [0, 0.1) is 0 Å². The van der Waals surface area contributed by atoms with Crippen molar-refractivity contribution in [2.45, 2.75) is 38.0 Å². The molecule has 8 nitrogen and oxygen atoms in total. The highest BCUT2D eigenvalue weighted by Crippen LogP contribution is 2.30. The summed E-state index contributed by atoms with van der Waals surface area (Å²) in [5.41, 5.74) is 0.990. The maximum Gasteiger partial charge on any atom is 0.242 e. The predicted octanol–water partition coefficient (Wildman–Crippen LogP) is -0.427. The average Bonchev–Trinajstić information content (AvgIpc) is 3.16. The van der Waals surface area contributed by atoms with Crippen LogP contribution >= 0.6 is 0 Å². The Morgan fingerprint density at radius 2 is 2.32 bits per heavy atom. The summed E-state index contributed by atoms with van der Waals surface area (Å²) in [6, 6.07) is 0.156. The number of nitrogens with zero attached hydrogens (tertiary/aromatic N) is 5. The lowest BCUT2D eigenvalue weighted by molar-refractivity contribution is -0.144. The van der Waals surface area contributed by atoms with Gasteiger partial charge in [-0.25, -0.2) is 4.68 Å². The van der Waals surface area contributed by atoms with Crippen LogP contribution in [0.2, 0.25) is 0 Å². The molecule has 0 unspecified atom stereocenters. The molecule has 0 saturated carbocycles. The Kier molecular flexibility index (Phi) is 3.33. The SMILES string of the molecule is O=C1CCCN1CC(=O)N1CC[C@H]2[C@H](C1)OCc1cnnn12. The summed E-state index contributed by atoms with van der Waals surface area (Å²) < 4.78 is 7.79. The summed E-state index contributed by atoms with van der Waals surface area (Å²) in [7, 11) is 0. The third-order valence-corrected chi connectivity index (χ3v) is 4.78. The number of aromatic nitrogens is 3. The number of hydrogen-bond acceptors (Lipinski definition) is 5. The molecule has 0 aliphatic carbocycles. The number of carbonyl (C=O) groups is 2. The molecule has 3 aliphatic heterocycles. The number of carbonyl (C=O) groups excluding carboxylic acids is 2.